The van der Waals surface area contributed by atoms with E-state index in [1.807, 2.05) is 28.9 Å². The number of fused-ring (bicyclic) bond motifs is 1. The van der Waals surface area contributed by atoms with Gasteiger partial charge in [0.15, 0.2) is 5.65 Å². The molecule has 1 saturated heterocycles. The van der Waals surface area contributed by atoms with Crippen LogP contribution in [0.5, 0.6) is 11.5 Å². The summed E-state index contributed by atoms with van der Waals surface area (Å²) >= 11 is 0. The first-order chi connectivity index (χ1) is 19.7. The van der Waals surface area contributed by atoms with Crippen LogP contribution in [0.4, 0.5) is 5.82 Å². The SMILES string of the molecule is C=CC(=O)N1CCCC(n2nc(-c3ccc(CNS(=O)(=O)c4cc(OC)ccc4OC)cc3)c3c(N)ncnc32)C1. The predicted octanol–water partition coefficient (Wildman–Crippen LogP) is 2.92. The molecule has 1 fully saturated rings. The van der Waals surface area contributed by atoms with Gasteiger partial charge in [0.25, 0.3) is 0 Å². The second-order valence-corrected chi connectivity index (χ2v) is 11.3. The van der Waals surface area contributed by atoms with Gasteiger partial charge in [-0.2, -0.15) is 5.10 Å². The van der Waals surface area contributed by atoms with Crippen molar-refractivity contribution in [3.05, 3.63) is 67.0 Å². The smallest absolute Gasteiger partial charge is 0.246 e. The van der Waals surface area contributed by atoms with Gasteiger partial charge in [-0.25, -0.2) is 27.8 Å². The molecule has 0 saturated carbocycles. The second kappa shape index (κ2) is 11.6. The summed E-state index contributed by atoms with van der Waals surface area (Å²) in [6.45, 7) is 4.81. The quantitative estimate of drug-likeness (QED) is 0.286. The minimum absolute atomic E-state index is 0.0143. The Kier molecular flexibility index (Phi) is 7.90. The Morgan fingerprint density at radius 2 is 1.95 bits per heavy atom. The molecule has 4 aromatic rings. The van der Waals surface area contributed by atoms with Gasteiger partial charge in [0, 0.05) is 31.3 Å². The number of ether oxygens (including phenoxy) is 2. The van der Waals surface area contributed by atoms with Crippen LogP contribution in [0.15, 0.2) is 66.3 Å². The van der Waals surface area contributed by atoms with Crippen LogP contribution in [0.2, 0.25) is 0 Å². The maximum Gasteiger partial charge on any atom is 0.246 e. The highest BCUT2D eigenvalue weighted by Crippen LogP contribution is 2.34. The number of benzene rings is 2. The van der Waals surface area contributed by atoms with E-state index >= 15 is 0 Å². The first-order valence-corrected chi connectivity index (χ1v) is 14.4. The van der Waals surface area contributed by atoms with Crippen LogP contribution < -0.4 is 19.9 Å². The standard InChI is InChI=1S/C28H31N7O5S/c1-4-24(36)34-13-5-6-20(16-34)35-28-25(27(29)30-17-31-28)26(33-35)19-9-7-18(8-10-19)15-32-41(37,38)23-14-21(39-2)11-12-22(23)40-3/h4,7-12,14,17,20,32H,1,5-6,13,15-16H2,2-3H3,(H2,29,30,31). The largest absolute Gasteiger partial charge is 0.497 e. The molecule has 0 aliphatic carbocycles. The molecule has 0 radical (unpaired) electrons. The number of carbonyl (C=O) groups excluding carboxylic acids is 1. The number of hydrogen-bond donors (Lipinski definition) is 2. The lowest BCUT2D eigenvalue weighted by atomic mass is 10.1. The van der Waals surface area contributed by atoms with Crippen molar-refractivity contribution in [2.24, 2.45) is 0 Å². The maximum atomic E-state index is 13.0. The number of sulfonamides is 1. The highest BCUT2D eigenvalue weighted by Gasteiger charge is 2.28. The van der Waals surface area contributed by atoms with Gasteiger partial charge in [0.1, 0.15) is 34.2 Å². The Labute approximate surface area is 237 Å². The molecule has 3 heterocycles. The van der Waals surface area contributed by atoms with Gasteiger partial charge >= 0.3 is 0 Å². The molecule has 41 heavy (non-hydrogen) atoms. The van der Waals surface area contributed by atoms with Crippen LogP contribution >= 0.6 is 0 Å². The van der Waals surface area contributed by atoms with E-state index in [4.69, 9.17) is 20.3 Å². The molecule has 0 spiro atoms. The number of carbonyl (C=O) groups is 1. The van der Waals surface area contributed by atoms with E-state index in [1.165, 1.54) is 32.7 Å². The molecule has 5 rings (SSSR count). The molecule has 12 nitrogen and oxygen atoms in total. The number of rotatable bonds is 9. The normalized spacial score (nSPS) is 15.6. The molecular weight excluding hydrogens is 546 g/mol. The zero-order chi connectivity index (χ0) is 29.1. The van der Waals surface area contributed by atoms with Crippen molar-refractivity contribution in [1.29, 1.82) is 0 Å². The summed E-state index contributed by atoms with van der Waals surface area (Å²) in [5.41, 5.74) is 8.99. The van der Waals surface area contributed by atoms with Crippen LogP contribution in [0.1, 0.15) is 24.4 Å². The summed E-state index contributed by atoms with van der Waals surface area (Å²) in [7, 11) is -1.01. The molecule has 1 aliphatic heterocycles. The Balaban J connectivity index is 1.40. The lowest BCUT2D eigenvalue weighted by Gasteiger charge is -2.32. The molecule has 1 atom stereocenters. The van der Waals surface area contributed by atoms with Gasteiger partial charge in [0.05, 0.1) is 25.6 Å². The third-order valence-electron chi connectivity index (χ3n) is 7.10. The van der Waals surface area contributed by atoms with Crippen molar-refractivity contribution >= 4 is 32.8 Å². The van der Waals surface area contributed by atoms with Gasteiger partial charge < -0.3 is 20.1 Å². The number of likely N-dealkylation sites (tertiary alicyclic amines) is 1. The lowest BCUT2D eigenvalue weighted by molar-refractivity contribution is -0.127. The number of nitrogens with one attached hydrogen (secondary N) is 1. The van der Waals surface area contributed by atoms with E-state index in [2.05, 4.69) is 21.3 Å². The number of piperidine rings is 1. The molecule has 13 heteroatoms. The van der Waals surface area contributed by atoms with Gasteiger partial charge in [-0.05, 0) is 36.6 Å². The molecule has 214 valence electrons. The van der Waals surface area contributed by atoms with Gasteiger partial charge in [-0.15, -0.1) is 0 Å². The van der Waals surface area contributed by atoms with Gasteiger partial charge in [-0.1, -0.05) is 30.8 Å². The monoisotopic (exact) mass is 577 g/mol. The fourth-order valence-electron chi connectivity index (χ4n) is 4.97. The highest BCUT2D eigenvalue weighted by atomic mass is 32.2. The van der Waals surface area contributed by atoms with Crippen molar-refractivity contribution in [2.45, 2.75) is 30.3 Å². The maximum absolute atomic E-state index is 13.0. The summed E-state index contributed by atoms with van der Waals surface area (Å²) in [5.74, 6) is 0.802. The Morgan fingerprint density at radius 3 is 2.66 bits per heavy atom. The van der Waals surface area contributed by atoms with Crippen LogP contribution in [-0.4, -0.2) is 66.3 Å². The predicted molar refractivity (Wildman–Crippen MR) is 154 cm³/mol. The number of amides is 1. The summed E-state index contributed by atoms with van der Waals surface area (Å²) in [5, 5.41) is 5.51. The van der Waals surface area contributed by atoms with E-state index in [-0.39, 0.29) is 29.1 Å². The van der Waals surface area contributed by atoms with Gasteiger partial charge in [-0.3, -0.25) is 4.79 Å². The van der Waals surface area contributed by atoms with Crippen molar-refractivity contribution < 1.29 is 22.7 Å². The van der Waals surface area contributed by atoms with E-state index in [9.17, 15) is 13.2 Å². The number of nitrogens with zero attached hydrogens (tertiary/aromatic N) is 5. The van der Waals surface area contributed by atoms with E-state index in [0.717, 1.165) is 24.0 Å². The Bertz CT molecular complexity index is 1700. The fourth-order valence-corrected chi connectivity index (χ4v) is 6.17. The number of methoxy groups -OCH3 is 2. The summed E-state index contributed by atoms with van der Waals surface area (Å²) < 4.78 is 40.9. The molecule has 2 aromatic heterocycles. The average Bonchev–Trinajstić information content (AvgIpc) is 3.40. The topological polar surface area (TPSA) is 155 Å². The molecule has 1 aliphatic rings. The molecule has 2 aromatic carbocycles. The molecule has 0 bridgehead atoms. The lowest BCUT2D eigenvalue weighted by Crippen LogP contribution is -2.40. The van der Waals surface area contributed by atoms with Crippen LogP contribution in [-0.2, 0) is 21.4 Å². The van der Waals surface area contributed by atoms with Crippen LogP contribution in [0.3, 0.4) is 0 Å². The molecule has 1 amide bonds. The average molecular weight is 578 g/mol. The Morgan fingerprint density at radius 1 is 1.17 bits per heavy atom. The van der Waals surface area contributed by atoms with E-state index < -0.39 is 10.0 Å². The zero-order valence-corrected chi connectivity index (χ0v) is 23.6. The number of hydrogen-bond acceptors (Lipinski definition) is 9. The number of nitrogen functional groups attached to an aromatic ring is 1. The van der Waals surface area contributed by atoms with Crippen molar-refractivity contribution in [1.82, 2.24) is 29.4 Å². The van der Waals surface area contributed by atoms with E-state index in [0.29, 0.717) is 41.4 Å². The zero-order valence-electron chi connectivity index (χ0n) is 22.8. The first-order valence-electron chi connectivity index (χ1n) is 13.0. The van der Waals surface area contributed by atoms with Crippen LogP contribution in [0, 0.1) is 0 Å². The first kappa shape index (κ1) is 28.1. The van der Waals surface area contributed by atoms with Crippen molar-refractivity contribution in [3.8, 4) is 22.8 Å². The van der Waals surface area contributed by atoms with Crippen molar-refractivity contribution in [2.75, 3.05) is 33.0 Å². The number of aromatic nitrogens is 4. The number of anilines is 1. The molecule has 1 unspecified atom stereocenters. The summed E-state index contributed by atoms with van der Waals surface area (Å²) in [4.78, 5) is 22.7. The van der Waals surface area contributed by atoms with Crippen LogP contribution in [0.25, 0.3) is 22.3 Å². The third kappa shape index (κ3) is 5.58. The third-order valence-corrected chi connectivity index (χ3v) is 8.52. The van der Waals surface area contributed by atoms with E-state index in [1.54, 1.807) is 17.0 Å². The number of nitrogens with two attached hydrogens (primary N) is 1. The highest BCUT2D eigenvalue weighted by molar-refractivity contribution is 7.89. The molecule has 3 N–H and O–H groups in total. The Hall–Kier alpha value is -4.49. The summed E-state index contributed by atoms with van der Waals surface area (Å²) in [6, 6.07) is 11.8. The second-order valence-electron chi connectivity index (χ2n) is 9.57. The summed E-state index contributed by atoms with van der Waals surface area (Å²) in [6.07, 6.45) is 4.39. The van der Waals surface area contributed by atoms with Crippen molar-refractivity contribution in [3.63, 3.8) is 0 Å². The minimum Gasteiger partial charge on any atom is -0.497 e. The minimum atomic E-state index is -3.89. The van der Waals surface area contributed by atoms with Gasteiger partial charge in [0.2, 0.25) is 15.9 Å². The fraction of sp³-hybridized carbons (Fsp3) is 0.286. The molecular formula is C28H31N7O5S.